The first-order valence-corrected chi connectivity index (χ1v) is 13.6. The van der Waals surface area contributed by atoms with Gasteiger partial charge in [-0.2, -0.15) is 0 Å². The highest BCUT2D eigenvalue weighted by molar-refractivity contribution is 5.88. The van der Waals surface area contributed by atoms with Gasteiger partial charge in [0.25, 0.3) is 0 Å². The number of ether oxygens (including phenoxy) is 1. The average molecular weight is 501 g/mol. The molecule has 8 atom stereocenters. The second-order valence-corrected chi connectivity index (χ2v) is 12.5. The Kier molecular flexibility index (Phi) is 4.81. The first-order chi connectivity index (χ1) is 17.6. The van der Waals surface area contributed by atoms with Crippen molar-refractivity contribution in [2.24, 2.45) is 17.3 Å². The Morgan fingerprint density at radius 2 is 1.92 bits per heavy atom. The third kappa shape index (κ3) is 2.93. The molecule has 2 fully saturated rings. The Balaban J connectivity index is 1.32. The van der Waals surface area contributed by atoms with Crippen LogP contribution in [0.4, 0.5) is 0 Å². The van der Waals surface area contributed by atoms with Gasteiger partial charge in [-0.1, -0.05) is 44.2 Å². The third-order valence-corrected chi connectivity index (χ3v) is 10.7. The van der Waals surface area contributed by atoms with E-state index < -0.39 is 17.8 Å². The van der Waals surface area contributed by atoms with E-state index in [0.29, 0.717) is 6.42 Å². The summed E-state index contributed by atoms with van der Waals surface area (Å²) in [5.41, 5.74) is 3.60. The first kappa shape index (κ1) is 23.6. The number of hydrogen-bond acceptors (Lipinski definition) is 6. The lowest BCUT2D eigenvalue weighted by atomic mass is 9.54. The summed E-state index contributed by atoms with van der Waals surface area (Å²) in [5, 5.41) is 33.9. The molecule has 3 aliphatic carbocycles. The van der Waals surface area contributed by atoms with Crippen molar-refractivity contribution in [3.63, 3.8) is 0 Å². The first-order valence-electron chi connectivity index (χ1n) is 13.6. The SMILES string of the molecule is CC1C=C2C=C3[C@@H](O)[C@H](O)[C@@H](N(C)C)C[C@]34CC[C@]2(O4)C2CC=C(c3ccc4cc(O)ncc4c3)[C@@]12C. The minimum atomic E-state index is -0.912. The molecule has 0 radical (unpaired) electrons. The molecule has 3 N–H and O–H groups in total. The van der Waals surface area contributed by atoms with Crippen molar-refractivity contribution in [1.29, 1.82) is 0 Å². The van der Waals surface area contributed by atoms with Crippen molar-refractivity contribution >= 4 is 16.3 Å². The summed E-state index contributed by atoms with van der Waals surface area (Å²) in [6.45, 7) is 4.70. The molecule has 7 rings (SSSR count). The molecule has 2 unspecified atom stereocenters. The number of aromatic nitrogens is 1. The molecule has 5 aliphatic rings. The monoisotopic (exact) mass is 500 g/mol. The molecule has 1 aromatic heterocycles. The summed E-state index contributed by atoms with van der Waals surface area (Å²) in [5.74, 6) is 0.603. The summed E-state index contributed by atoms with van der Waals surface area (Å²) in [7, 11) is 3.94. The molecule has 1 aromatic carbocycles. The molecule has 194 valence electrons. The molecule has 2 aliphatic heterocycles. The summed E-state index contributed by atoms with van der Waals surface area (Å²) in [6.07, 6.45) is 10.4. The number of allylic oxidation sites excluding steroid dienone is 3. The van der Waals surface area contributed by atoms with E-state index in [0.717, 1.165) is 35.6 Å². The average Bonchev–Trinajstić information content (AvgIpc) is 3.39. The second kappa shape index (κ2) is 7.54. The number of pyridine rings is 1. The molecule has 2 aromatic rings. The minimum absolute atomic E-state index is 0.0407. The van der Waals surface area contributed by atoms with Crippen LogP contribution in [-0.4, -0.2) is 68.8 Å². The highest BCUT2D eigenvalue weighted by Crippen LogP contribution is 2.69. The van der Waals surface area contributed by atoms with Crippen LogP contribution < -0.4 is 0 Å². The van der Waals surface area contributed by atoms with E-state index in [4.69, 9.17) is 4.74 Å². The summed E-state index contributed by atoms with van der Waals surface area (Å²) >= 11 is 0. The summed E-state index contributed by atoms with van der Waals surface area (Å²) in [6, 6.07) is 7.99. The van der Waals surface area contributed by atoms with E-state index in [9.17, 15) is 15.3 Å². The molecular formula is C31H36N2O4. The van der Waals surface area contributed by atoms with Gasteiger partial charge in [-0.15, -0.1) is 0 Å². The molecule has 2 spiro atoms. The van der Waals surface area contributed by atoms with Crippen LogP contribution in [0.5, 0.6) is 5.88 Å². The van der Waals surface area contributed by atoms with Crippen LogP contribution in [0, 0.1) is 17.3 Å². The lowest BCUT2D eigenvalue weighted by molar-refractivity contribution is -0.165. The lowest BCUT2D eigenvalue weighted by Gasteiger charge is -2.57. The lowest BCUT2D eigenvalue weighted by Crippen LogP contribution is -2.62. The second-order valence-electron chi connectivity index (χ2n) is 12.5. The van der Waals surface area contributed by atoms with E-state index in [1.165, 1.54) is 16.7 Å². The Morgan fingerprint density at radius 1 is 1.11 bits per heavy atom. The van der Waals surface area contributed by atoms with Gasteiger partial charge < -0.3 is 25.0 Å². The number of likely N-dealkylation sites (N-methyl/N-ethyl adjacent to an activating group) is 1. The molecule has 6 nitrogen and oxygen atoms in total. The third-order valence-electron chi connectivity index (χ3n) is 10.7. The van der Waals surface area contributed by atoms with E-state index in [2.05, 4.69) is 55.3 Å². The molecule has 2 bridgehead atoms. The number of aliphatic hydroxyl groups excluding tert-OH is 2. The normalized spacial score (nSPS) is 42.1. The molecule has 6 heteroatoms. The van der Waals surface area contributed by atoms with Crippen LogP contribution in [0.15, 0.2) is 59.8 Å². The topological polar surface area (TPSA) is 86.1 Å². The van der Waals surface area contributed by atoms with Crippen molar-refractivity contribution in [1.82, 2.24) is 9.88 Å². The van der Waals surface area contributed by atoms with Crippen LogP contribution in [-0.2, 0) is 4.74 Å². The van der Waals surface area contributed by atoms with Gasteiger partial charge in [0.15, 0.2) is 0 Å². The van der Waals surface area contributed by atoms with Gasteiger partial charge in [-0.3, -0.25) is 0 Å². The molecule has 1 saturated heterocycles. The molecule has 37 heavy (non-hydrogen) atoms. The van der Waals surface area contributed by atoms with E-state index in [-0.39, 0.29) is 34.8 Å². The largest absolute Gasteiger partial charge is 0.493 e. The minimum Gasteiger partial charge on any atom is -0.493 e. The fraction of sp³-hybridized carbons (Fsp3) is 0.516. The Labute approximate surface area is 218 Å². The van der Waals surface area contributed by atoms with Gasteiger partial charge in [-0.25, -0.2) is 4.98 Å². The standard InChI is InChI=1S/C31H36N2O4/c1-17-11-21-14-23-27(35)28(36)24(33(3)4)15-30(23)9-10-31(21,37-30)25-8-7-22(29(17,25)2)19-6-5-18-13-26(34)32-16-20(18)12-19/h5-7,11-14,16-17,24-25,27-28,35-36H,8-10,15H2,1-4H3,(H,32,34)/t17?,24-,25?,27+,28+,29+,30+,31+/m0/s1. The van der Waals surface area contributed by atoms with Crippen LogP contribution in [0.1, 0.15) is 45.1 Å². The zero-order chi connectivity index (χ0) is 25.9. The number of benzene rings is 1. The molecular weight excluding hydrogens is 464 g/mol. The van der Waals surface area contributed by atoms with Gasteiger partial charge in [0.2, 0.25) is 5.88 Å². The molecule has 1 saturated carbocycles. The number of aromatic hydroxyl groups is 1. The quantitative estimate of drug-likeness (QED) is 0.573. The maximum Gasteiger partial charge on any atom is 0.211 e. The van der Waals surface area contributed by atoms with Crippen molar-refractivity contribution in [3.8, 4) is 5.88 Å². The predicted octanol–water partition coefficient (Wildman–Crippen LogP) is 4.21. The van der Waals surface area contributed by atoms with Crippen LogP contribution in [0.2, 0.25) is 0 Å². The van der Waals surface area contributed by atoms with Crippen molar-refractivity contribution in [3.05, 3.63) is 65.4 Å². The van der Waals surface area contributed by atoms with Gasteiger partial charge in [0.05, 0.1) is 17.3 Å². The van der Waals surface area contributed by atoms with Gasteiger partial charge in [0, 0.05) is 35.0 Å². The Morgan fingerprint density at radius 3 is 2.70 bits per heavy atom. The Hall–Kier alpha value is -2.51. The van der Waals surface area contributed by atoms with Gasteiger partial charge in [0.1, 0.15) is 6.10 Å². The van der Waals surface area contributed by atoms with Crippen molar-refractivity contribution < 1.29 is 20.1 Å². The maximum absolute atomic E-state index is 11.2. The van der Waals surface area contributed by atoms with Gasteiger partial charge in [-0.05, 0) is 79.4 Å². The molecule has 3 heterocycles. The van der Waals surface area contributed by atoms with E-state index in [1.54, 1.807) is 12.3 Å². The number of rotatable bonds is 2. The highest BCUT2D eigenvalue weighted by atomic mass is 16.5. The smallest absolute Gasteiger partial charge is 0.211 e. The van der Waals surface area contributed by atoms with Crippen LogP contribution in [0.25, 0.3) is 16.3 Å². The van der Waals surface area contributed by atoms with Crippen LogP contribution in [0.3, 0.4) is 0 Å². The number of hydrogen-bond donors (Lipinski definition) is 3. The maximum atomic E-state index is 11.2. The van der Waals surface area contributed by atoms with Crippen LogP contribution >= 0.6 is 0 Å². The fourth-order valence-electron chi connectivity index (χ4n) is 8.55. The fourth-order valence-corrected chi connectivity index (χ4v) is 8.55. The number of nitrogens with zero attached hydrogens (tertiary/aromatic N) is 2. The van der Waals surface area contributed by atoms with Crippen molar-refractivity contribution in [2.45, 2.75) is 69.0 Å². The summed E-state index contributed by atoms with van der Waals surface area (Å²) < 4.78 is 7.27. The van der Waals surface area contributed by atoms with E-state index >= 15 is 0 Å². The van der Waals surface area contributed by atoms with Gasteiger partial charge >= 0.3 is 0 Å². The Bertz CT molecular complexity index is 1410. The van der Waals surface area contributed by atoms with E-state index in [1.807, 2.05) is 19.0 Å². The molecule has 0 amide bonds. The zero-order valence-electron chi connectivity index (χ0n) is 22.0. The van der Waals surface area contributed by atoms with Crippen molar-refractivity contribution in [2.75, 3.05) is 14.1 Å². The zero-order valence-corrected chi connectivity index (χ0v) is 22.0. The predicted molar refractivity (Wildman–Crippen MR) is 143 cm³/mol. The summed E-state index contributed by atoms with van der Waals surface area (Å²) in [4.78, 5) is 6.12. The number of aliphatic hydroxyl groups is 2. The highest BCUT2D eigenvalue weighted by Gasteiger charge is 2.68. The number of fused-ring (bicyclic) bond motifs is 2.